The van der Waals surface area contributed by atoms with Crippen LogP contribution in [0.2, 0.25) is 0 Å². The van der Waals surface area contributed by atoms with Gasteiger partial charge in [-0.05, 0) is 53.4 Å². The first-order valence-corrected chi connectivity index (χ1v) is 10.7. The summed E-state index contributed by atoms with van der Waals surface area (Å²) >= 11 is 1.50. The number of nitrogens with one attached hydrogen (secondary N) is 1. The lowest BCUT2D eigenvalue weighted by Gasteiger charge is -2.07. The van der Waals surface area contributed by atoms with Gasteiger partial charge in [-0.25, -0.2) is 4.98 Å². The number of anilines is 1. The largest absolute Gasteiger partial charge is 0.497 e. The Kier molecular flexibility index (Phi) is 5.18. The van der Waals surface area contributed by atoms with Gasteiger partial charge in [0.2, 0.25) is 11.1 Å². The van der Waals surface area contributed by atoms with Gasteiger partial charge >= 0.3 is 0 Å². The molecule has 5 rings (SSSR count). The Morgan fingerprint density at radius 3 is 2.74 bits per heavy atom. The van der Waals surface area contributed by atoms with Crippen LogP contribution in [-0.2, 0) is 13.0 Å². The molecule has 5 nitrogen and oxygen atoms in total. The molecule has 1 aliphatic rings. The lowest BCUT2D eigenvalue weighted by molar-refractivity contribution is 0.414. The van der Waals surface area contributed by atoms with Gasteiger partial charge < -0.3 is 10.1 Å². The highest BCUT2D eigenvalue weighted by molar-refractivity contribution is 7.18. The standard InChI is InChI=1S/C24H19FN4OS/c1-30-18-10-5-15(6-11-18)14-26-24-29-28-23(31-24)17-8-7-16-9-12-19(20(16)13-17)21-3-2-4-22(25)27-21/h2-8,10-13H,9,14H2,1H3,(H,26,29). The zero-order valence-electron chi connectivity index (χ0n) is 16.8. The number of fused-ring (bicyclic) bond motifs is 1. The van der Waals surface area contributed by atoms with E-state index in [9.17, 15) is 4.39 Å². The van der Waals surface area contributed by atoms with E-state index in [1.165, 1.54) is 23.0 Å². The molecule has 0 fully saturated rings. The second-order valence-electron chi connectivity index (χ2n) is 7.15. The molecule has 0 unspecified atom stereocenters. The van der Waals surface area contributed by atoms with Crippen LogP contribution >= 0.6 is 11.3 Å². The minimum absolute atomic E-state index is 0.472. The van der Waals surface area contributed by atoms with Gasteiger partial charge in [-0.1, -0.05) is 47.7 Å². The zero-order valence-corrected chi connectivity index (χ0v) is 17.6. The van der Waals surface area contributed by atoms with E-state index in [0.717, 1.165) is 44.6 Å². The molecule has 0 saturated heterocycles. The van der Waals surface area contributed by atoms with Gasteiger partial charge in [0.05, 0.1) is 12.8 Å². The first kappa shape index (κ1) is 19.4. The van der Waals surface area contributed by atoms with E-state index in [2.05, 4.69) is 44.8 Å². The minimum atomic E-state index is -0.472. The number of allylic oxidation sites excluding steroid dienone is 1. The number of rotatable bonds is 6. The van der Waals surface area contributed by atoms with Crippen LogP contribution in [0.3, 0.4) is 0 Å². The first-order chi connectivity index (χ1) is 15.2. The van der Waals surface area contributed by atoms with Crippen molar-refractivity contribution in [2.45, 2.75) is 13.0 Å². The summed E-state index contributed by atoms with van der Waals surface area (Å²) < 4.78 is 18.8. The maximum atomic E-state index is 13.6. The molecule has 0 atom stereocenters. The maximum Gasteiger partial charge on any atom is 0.213 e. The molecule has 0 aliphatic heterocycles. The number of pyridine rings is 1. The average Bonchev–Trinajstić information content (AvgIpc) is 3.45. The van der Waals surface area contributed by atoms with Gasteiger partial charge in [0.1, 0.15) is 10.8 Å². The Labute approximate surface area is 183 Å². The van der Waals surface area contributed by atoms with Gasteiger partial charge in [-0.15, -0.1) is 10.2 Å². The lowest BCUT2D eigenvalue weighted by atomic mass is 10.0. The van der Waals surface area contributed by atoms with Gasteiger partial charge in [-0.2, -0.15) is 4.39 Å². The van der Waals surface area contributed by atoms with Crippen LogP contribution in [0.25, 0.3) is 16.1 Å². The summed E-state index contributed by atoms with van der Waals surface area (Å²) in [6, 6.07) is 19.0. The number of hydrogen-bond acceptors (Lipinski definition) is 6. The zero-order chi connectivity index (χ0) is 21.2. The third-order valence-electron chi connectivity index (χ3n) is 5.19. The molecule has 7 heteroatoms. The maximum absolute atomic E-state index is 13.6. The summed E-state index contributed by atoms with van der Waals surface area (Å²) in [6.07, 6.45) is 2.91. The van der Waals surface area contributed by atoms with Crippen LogP contribution in [0.15, 0.2) is 66.7 Å². The molecule has 0 amide bonds. The molecule has 0 radical (unpaired) electrons. The Morgan fingerprint density at radius 1 is 1.06 bits per heavy atom. The third kappa shape index (κ3) is 4.04. The topological polar surface area (TPSA) is 59.9 Å². The van der Waals surface area contributed by atoms with Crippen LogP contribution in [0, 0.1) is 5.95 Å². The van der Waals surface area contributed by atoms with Crippen LogP contribution in [0.1, 0.15) is 22.4 Å². The molecule has 1 N–H and O–H groups in total. The van der Waals surface area contributed by atoms with E-state index >= 15 is 0 Å². The van der Waals surface area contributed by atoms with Crippen LogP contribution in [0.4, 0.5) is 9.52 Å². The smallest absolute Gasteiger partial charge is 0.213 e. The minimum Gasteiger partial charge on any atom is -0.497 e. The van der Waals surface area contributed by atoms with Crippen molar-refractivity contribution in [3.05, 3.63) is 95.1 Å². The Bertz CT molecular complexity index is 1270. The molecule has 1 aliphatic carbocycles. The van der Waals surface area contributed by atoms with E-state index < -0.39 is 5.95 Å². The van der Waals surface area contributed by atoms with Crippen molar-refractivity contribution in [1.29, 1.82) is 0 Å². The highest BCUT2D eigenvalue weighted by Gasteiger charge is 2.19. The number of halogens is 1. The number of hydrogen-bond donors (Lipinski definition) is 1. The Morgan fingerprint density at radius 2 is 1.94 bits per heavy atom. The Balaban J connectivity index is 1.34. The number of benzene rings is 2. The van der Waals surface area contributed by atoms with Gasteiger partial charge in [-0.3, -0.25) is 0 Å². The van der Waals surface area contributed by atoms with Crippen molar-refractivity contribution in [2.75, 3.05) is 12.4 Å². The molecule has 2 aromatic carbocycles. The number of methoxy groups -OCH3 is 1. The second-order valence-corrected chi connectivity index (χ2v) is 8.13. The predicted octanol–water partition coefficient (Wildman–Crippen LogP) is 5.35. The monoisotopic (exact) mass is 430 g/mol. The van der Waals surface area contributed by atoms with Crippen LogP contribution in [-0.4, -0.2) is 22.3 Å². The van der Waals surface area contributed by atoms with Crippen LogP contribution < -0.4 is 10.1 Å². The predicted molar refractivity (Wildman–Crippen MR) is 121 cm³/mol. The normalized spacial score (nSPS) is 12.4. The molecule has 2 aromatic heterocycles. The van der Waals surface area contributed by atoms with E-state index in [0.29, 0.717) is 12.2 Å². The quantitative estimate of drug-likeness (QED) is 0.418. The van der Waals surface area contributed by atoms with Gasteiger partial charge in [0, 0.05) is 17.7 Å². The SMILES string of the molecule is COc1ccc(CNc2nnc(-c3ccc4c(c3)C(c3cccc(F)n3)=CC4)s2)cc1. The summed E-state index contributed by atoms with van der Waals surface area (Å²) in [7, 11) is 1.66. The highest BCUT2D eigenvalue weighted by Crippen LogP contribution is 2.36. The molecule has 0 bridgehead atoms. The molecular formula is C24H19FN4OS. The van der Waals surface area contributed by atoms with Crippen molar-refractivity contribution in [3.63, 3.8) is 0 Å². The average molecular weight is 431 g/mol. The third-order valence-corrected chi connectivity index (χ3v) is 6.12. The summed E-state index contributed by atoms with van der Waals surface area (Å²) in [5.41, 5.74) is 5.99. The summed E-state index contributed by atoms with van der Waals surface area (Å²) in [6.45, 7) is 0.654. The van der Waals surface area contributed by atoms with E-state index in [1.807, 2.05) is 30.3 Å². The van der Waals surface area contributed by atoms with Crippen LogP contribution in [0.5, 0.6) is 5.75 Å². The number of ether oxygens (including phenoxy) is 1. The first-order valence-electron chi connectivity index (χ1n) is 9.87. The summed E-state index contributed by atoms with van der Waals surface area (Å²) in [5.74, 6) is 0.361. The molecule has 154 valence electrons. The fraction of sp³-hybridized carbons (Fsp3) is 0.125. The van der Waals surface area contributed by atoms with Crippen molar-refractivity contribution in [1.82, 2.24) is 15.2 Å². The molecule has 0 spiro atoms. The highest BCUT2D eigenvalue weighted by atomic mass is 32.1. The van der Waals surface area contributed by atoms with Crippen molar-refractivity contribution in [2.24, 2.45) is 0 Å². The number of aromatic nitrogens is 3. The number of nitrogens with zero attached hydrogens (tertiary/aromatic N) is 3. The summed E-state index contributed by atoms with van der Waals surface area (Å²) in [4.78, 5) is 4.05. The lowest BCUT2D eigenvalue weighted by Crippen LogP contribution is -1.98. The van der Waals surface area contributed by atoms with E-state index in [1.54, 1.807) is 13.2 Å². The fourth-order valence-corrected chi connectivity index (χ4v) is 4.33. The molecule has 4 aromatic rings. The van der Waals surface area contributed by atoms with E-state index in [4.69, 9.17) is 4.74 Å². The van der Waals surface area contributed by atoms with Crippen molar-refractivity contribution in [3.8, 4) is 16.3 Å². The molecule has 2 heterocycles. The molecular weight excluding hydrogens is 411 g/mol. The van der Waals surface area contributed by atoms with Gasteiger partial charge in [0.25, 0.3) is 0 Å². The van der Waals surface area contributed by atoms with Crippen molar-refractivity contribution >= 4 is 22.0 Å². The Hall–Kier alpha value is -3.58. The van der Waals surface area contributed by atoms with Crippen molar-refractivity contribution < 1.29 is 9.13 Å². The molecule has 0 saturated carbocycles. The summed E-state index contributed by atoms with van der Waals surface area (Å²) in [5, 5.41) is 13.5. The molecule has 31 heavy (non-hydrogen) atoms. The second kappa shape index (κ2) is 8.28. The fourth-order valence-electron chi connectivity index (χ4n) is 3.59. The van der Waals surface area contributed by atoms with Gasteiger partial charge in [0.15, 0.2) is 0 Å². The van der Waals surface area contributed by atoms with E-state index in [-0.39, 0.29) is 0 Å².